The van der Waals surface area contributed by atoms with Crippen molar-refractivity contribution in [2.75, 3.05) is 14.2 Å². The predicted octanol–water partition coefficient (Wildman–Crippen LogP) is 2.80. The molecule has 0 bridgehead atoms. The fourth-order valence-corrected chi connectivity index (χ4v) is 2.59. The summed E-state index contributed by atoms with van der Waals surface area (Å²) in [5.74, 6) is 1.30. The van der Waals surface area contributed by atoms with Crippen molar-refractivity contribution in [2.24, 2.45) is 0 Å². The van der Waals surface area contributed by atoms with Crippen molar-refractivity contribution in [3.63, 3.8) is 0 Å². The number of aryl methyl sites for hydroxylation is 1. The summed E-state index contributed by atoms with van der Waals surface area (Å²) in [6, 6.07) is 5.84. The van der Waals surface area contributed by atoms with Gasteiger partial charge in [0.1, 0.15) is 17.6 Å². The highest BCUT2D eigenvalue weighted by Gasteiger charge is 2.13. The number of nitrogens with zero attached hydrogens (tertiary/aromatic N) is 3. The summed E-state index contributed by atoms with van der Waals surface area (Å²) in [6.07, 6.45) is 1.46. The van der Waals surface area contributed by atoms with E-state index < -0.39 is 0 Å². The van der Waals surface area contributed by atoms with Crippen LogP contribution < -0.4 is 9.47 Å². The van der Waals surface area contributed by atoms with E-state index in [1.54, 1.807) is 14.2 Å². The number of nitrogens with one attached hydrogen (secondary N) is 1. The largest absolute Gasteiger partial charge is 0.496 e. The summed E-state index contributed by atoms with van der Waals surface area (Å²) in [7, 11) is 3.21. The molecule has 2 heterocycles. The molecular formula is C14H14N4O2S. The third-order valence-electron chi connectivity index (χ3n) is 3.27. The second kappa shape index (κ2) is 5.17. The van der Waals surface area contributed by atoms with E-state index in [1.807, 2.05) is 29.7 Å². The number of aromatic amines is 1. The van der Waals surface area contributed by atoms with Crippen LogP contribution in [-0.4, -0.2) is 33.7 Å². The molecule has 0 aliphatic carbocycles. The Bertz CT molecular complexity index is 869. The van der Waals surface area contributed by atoms with Gasteiger partial charge in [-0.15, -0.1) is 0 Å². The molecule has 0 unspecified atom stereocenters. The first kappa shape index (κ1) is 13.6. The molecule has 0 amide bonds. The first-order valence-corrected chi connectivity index (χ1v) is 6.71. The van der Waals surface area contributed by atoms with E-state index >= 15 is 0 Å². The van der Waals surface area contributed by atoms with E-state index in [0.717, 1.165) is 17.0 Å². The fourth-order valence-electron chi connectivity index (χ4n) is 2.29. The summed E-state index contributed by atoms with van der Waals surface area (Å²) in [6.45, 7) is 1.98. The number of hydrogen-bond acceptors (Lipinski definition) is 5. The Hall–Kier alpha value is -2.41. The molecule has 0 spiro atoms. The minimum absolute atomic E-state index is 0.468. The first-order chi connectivity index (χ1) is 10.2. The molecule has 0 aliphatic heterocycles. The molecule has 6 nitrogen and oxygen atoms in total. The van der Waals surface area contributed by atoms with Crippen molar-refractivity contribution in [2.45, 2.75) is 6.92 Å². The van der Waals surface area contributed by atoms with Crippen molar-refractivity contribution in [1.29, 1.82) is 0 Å². The molecule has 21 heavy (non-hydrogen) atoms. The Morgan fingerprint density at radius 3 is 2.67 bits per heavy atom. The Morgan fingerprint density at radius 1 is 1.19 bits per heavy atom. The van der Waals surface area contributed by atoms with Crippen molar-refractivity contribution >= 4 is 23.4 Å². The van der Waals surface area contributed by atoms with Gasteiger partial charge in [0.05, 0.1) is 19.9 Å². The third-order valence-corrected chi connectivity index (χ3v) is 3.55. The zero-order valence-electron chi connectivity index (χ0n) is 11.9. The number of rotatable bonds is 3. The maximum Gasteiger partial charge on any atom is 0.242 e. The van der Waals surface area contributed by atoms with Gasteiger partial charge >= 0.3 is 0 Å². The van der Waals surface area contributed by atoms with Gasteiger partial charge in [-0.1, -0.05) is 0 Å². The minimum Gasteiger partial charge on any atom is -0.496 e. The van der Waals surface area contributed by atoms with Gasteiger partial charge in [0.2, 0.25) is 5.88 Å². The second-order valence-electron chi connectivity index (χ2n) is 4.50. The average molecular weight is 302 g/mol. The Balaban J connectivity index is 2.28. The van der Waals surface area contributed by atoms with Crippen LogP contribution >= 0.6 is 12.2 Å². The van der Waals surface area contributed by atoms with Crippen LogP contribution in [0.1, 0.15) is 5.56 Å². The van der Waals surface area contributed by atoms with Gasteiger partial charge in [0.25, 0.3) is 0 Å². The second-order valence-corrected chi connectivity index (χ2v) is 4.89. The van der Waals surface area contributed by atoms with Gasteiger partial charge in [0.15, 0.2) is 10.4 Å². The fraction of sp³-hybridized carbons (Fsp3) is 0.214. The Morgan fingerprint density at radius 2 is 2.00 bits per heavy atom. The van der Waals surface area contributed by atoms with Gasteiger partial charge in [-0.2, -0.15) is 4.98 Å². The van der Waals surface area contributed by atoms with Crippen molar-refractivity contribution in [3.05, 3.63) is 34.9 Å². The van der Waals surface area contributed by atoms with E-state index in [9.17, 15) is 0 Å². The normalized spacial score (nSPS) is 10.8. The number of ether oxygens (including phenoxy) is 2. The van der Waals surface area contributed by atoms with E-state index in [0.29, 0.717) is 21.8 Å². The highest BCUT2D eigenvalue weighted by molar-refractivity contribution is 7.71. The molecule has 0 atom stereocenters. The first-order valence-electron chi connectivity index (χ1n) is 6.30. The van der Waals surface area contributed by atoms with Crippen molar-refractivity contribution < 1.29 is 9.47 Å². The zero-order chi connectivity index (χ0) is 15.0. The molecule has 1 N–H and O–H groups in total. The summed E-state index contributed by atoms with van der Waals surface area (Å²) in [5.41, 5.74) is 3.28. The maximum atomic E-state index is 5.40. The molecule has 3 aromatic rings. The quantitative estimate of drug-likeness (QED) is 0.754. The molecule has 108 valence electrons. The number of aromatic nitrogens is 4. The molecule has 2 aromatic heterocycles. The number of fused-ring (bicyclic) bond motifs is 1. The lowest BCUT2D eigenvalue weighted by atomic mass is 10.2. The van der Waals surface area contributed by atoms with Gasteiger partial charge < -0.3 is 14.5 Å². The number of imidazole rings is 1. The van der Waals surface area contributed by atoms with Crippen LogP contribution in [0, 0.1) is 11.7 Å². The van der Waals surface area contributed by atoms with Crippen LogP contribution in [0.15, 0.2) is 24.5 Å². The minimum atomic E-state index is 0.468. The monoisotopic (exact) mass is 302 g/mol. The summed E-state index contributed by atoms with van der Waals surface area (Å²) in [4.78, 5) is 11.5. The molecular weight excluding hydrogens is 288 g/mol. The zero-order valence-corrected chi connectivity index (χ0v) is 12.7. The van der Waals surface area contributed by atoms with Gasteiger partial charge in [-0.25, -0.2) is 4.98 Å². The number of methoxy groups -OCH3 is 2. The molecule has 3 rings (SSSR count). The topological polar surface area (TPSA) is 65.0 Å². The number of H-pyrrole nitrogens is 1. The van der Waals surface area contributed by atoms with Crippen molar-refractivity contribution in [1.82, 2.24) is 19.5 Å². The molecule has 0 radical (unpaired) electrons. The molecule has 0 saturated heterocycles. The van der Waals surface area contributed by atoms with Gasteiger partial charge in [-0.3, -0.25) is 4.57 Å². The van der Waals surface area contributed by atoms with E-state index in [2.05, 4.69) is 15.0 Å². The highest BCUT2D eigenvalue weighted by Crippen LogP contribution is 2.26. The summed E-state index contributed by atoms with van der Waals surface area (Å²) >= 11 is 5.40. The lowest BCUT2D eigenvalue weighted by molar-refractivity contribution is 0.401. The highest BCUT2D eigenvalue weighted by atomic mass is 32.1. The van der Waals surface area contributed by atoms with Crippen LogP contribution in [0.25, 0.3) is 16.9 Å². The molecule has 0 saturated carbocycles. The third kappa shape index (κ3) is 2.15. The average Bonchev–Trinajstić information content (AvgIpc) is 2.82. The Kier molecular flexibility index (Phi) is 3.34. The molecule has 0 aliphatic rings. The van der Waals surface area contributed by atoms with Crippen LogP contribution in [0.3, 0.4) is 0 Å². The van der Waals surface area contributed by atoms with Gasteiger partial charge in [-0.05, 0) is 42.9 Å². The lowest BCUT2D eigenvalue weighted by Gasteiger charge is -2.08. The van der Waals surface area contributed by atoms with E-state index in [4.69, 9.17) is 21.7 Å². The van der Waals surface area contributed by atoms with Crippen LogP contribution in [-0.2, 0) is 0 Å². The standard InChI is InChI=1S/C14H14N4O2S/c1-8-6-9(4-5-10(8)19-2)18-12-11(17-14(18)21)13(20-3)16-7-15-12/h4-7H,1-3H3,(H,17,21). The summed E-state index contributed by atoms with van der Waals surface area (Å²) < 4.78 is 12.9. The van der Waals surface area contributed by atoms with Crippen LogP contribution in [0.2, 0.25) is 0 Å². The molecule has 1 aromatic carbocycles. The smallest absolute Gasteiger partial charge is 0.242 e. The van der Waals surface area contributed by atoms with Gasteiger partial charge in [0, 0.05) is 0 Å². The predicted molar refractivity (Wildman–Crippen MR) is 81.9 cm³/mol. The molecule has 7 heteroatoms. The Labute approximate surface area is 126 Å². The van der Waals surface area contributed by atoms with Crippen LogP contribution in [0.4, 0.5) is 0 Å². The maximum absolute atomic E-state index is 5.40. The van der Waals surface area contributed by atoms with E-state index in [1.165, 1.54) is 6.33 Å². The SMILES string of the molecule is COc1ccc(-n2c(=S)[nH]c3c(OC)ncnc32)cc1C. The number of hydrogen-bond donors (Lipinski definition) is 1. The van der Waals surface area contributed by atoms with Crippen LogP contribution in [0.5, 0.6) is 11.6 Å². The lowest BCUT2D eigenvalue weighted by Crippen LogP contribution is -1.98. The number of benzene rings is 1. The van der Waals surface area contributed by atoms with Crippen molar-refractivity contribution in [3.8, 4) is 17.3 Å². The molecule has 0 fully saturated rings. The summed E-state index contributed by atoms with van der Waals surface area (Å²) in [5, 5.41) is 0. The van der Waals surface area contributed by atoms with E-state index in [-0.39, 0.29) is 0 Å².